The Morgan fingerprint density at radius 3 is 2.00 bits per heavy atom. The lowest BCUT2D eigenvalue weighted by molar-refractivity contribution is -0.385. The molecule has 0 aliphatic carbocycles. The van der Waals surface area contributed by atoms with Gasteiger partial charge in [-0.1, -0.05) is 18.2 Å². The van der Waals surface area contributed by atoms with E-state index in [0.29, 0.717) is 0 Å². The lowest BCUT2D eigenvalue weighted by atomic mass is 10.1. The summed E-state index contributed by atoms with van der Waals surface area (Å²) in [5, 5.41) is 20.3. The Morgan fingerprint density at radius 2 is 1.53 bits per heavy atom. The Kier molecular flexibility index (Phi) is 6.42. The van der Waals surface area contributed by atoms with E-state index in [-0.39, 0.29) is 9.87 Å². The second kappa shape index (κ2) is 8.31. The Bertz CT molecular complexity index is 1110. The van der Waals surface area contributed by atoms with E-state index in [2.05, 4.69) is 0 Å². The fourth-order valence-corrected chi connectivity index (χ4v) is 4.15. The monoisotopic (exact) mass is 454 g/mol. The molecule has 2 aromatic rings. The van der Waals surface area contributed by atoms with E-state index in [1.54, 1.807) is 0 Å². The number of hydrogen-bond acceptors (Lipinski definition) is 5. The van der Waals surface area contributed by atoms with Crippen LogP contribution in [0, 0.1) is 39.2 Å². The van der Waals surface area contributed by atoms with Crippen molar-refractivity contribution in [2.75, 3.05) is 0 Å². The Labute approximate surface area is 165 Å². The van der Waals surface area contributed by atoms with Crippen LogP contribution in [0.3, 0.4) is 0 Å². The summed E-state index contributed by atoms with van der Waals surface area (Å²) < 4.78 is 93.9. The van der Waals surface area contributed by atoms with E-state index in [4.69, 9.17) is 0 Å². The van der Waals surface area contributed by atoms with Crippen molar-refractivity contribution >= 4 is 21.7 Å². The first-order valence-corrected chi connectivity index (χ1v) is 9.24. The molecule has 0 bridgehead atoms. The highest BCUT2D eigenvalue weighted by atomic mass is 32.2. The maximum absolute atomic E-state index is 14.1. The predicted octanol–water partition coefficient (Wildman–Crippen LogP) is 2.95. The SMILES string of the molecule is CC(C(=O)O)N(Cc1ccccc1[N+](=O)[O-])S(=O)(=O)c1c(F)c(F)c(F)c(F)c1F. The summed E-state index contributed by atoms with van der Waals surface area (Å²) in [6, 6.07) is 2.34. The number of sulfonamides is 1. The molecular formula is C16H11F5N2O6S. The van der Waals surface area contributed by atoms with Gasteiger partial charge in [-0.2, -0.15) is 4.31 Å². The Balaban J connectivity index is 2.76. The topological polar surface area (TPSA) is 118 Å². The van der Waals surface area contributed by atoms with Crippen LogP contribution in [0.4, 0.5) is 27.6 Å². The van der Waals surface area contributed by atoms with Gasteiger partial charge >= 0.3 is 5.97 Å². The van der Waals surface area contributed by atoms with Crippen LogP contribution in [0.2, 0.25) is 0 Å². The van der Waals surface area contributed by atoms with Gasteiger partial charge in [0.05, 0.1) is 4.92 Å². The number of nitro groups is 1. The molecule has 0 radical (unpaired) electrons. The summed E-state index contributed by atoms with van der Waals surface area (Å²) in [4.78, 5) is 19.3. The molecule has 0 fully saturated rings. The average Bonchev–Trinajstić information content (AvgIpc) is 2.68. The minimum atomic E-state index is -5.68. The zero-order chi connectivity index (χ0) is 23.0. The molecule has 0 aliphatic heterocycles. The molecule has 1 atom stereocenters. The van der Waals surface area contributed by atoms with E-state index in [9.17, 15) is 50.4 Å². The molecule has 2 rings (SSSR count). The summed E-state index contributed by atoms with van der Waals surface area (Å²) in [6.07, 6.45) is 0. The van der Waals surface area contributed by atoms with Crippen molar-refractivity contribution in [1.82, 2.24) is 4.31 Å². The third-order valence-corrected chi connectivity index (χ3v) is 5.98. The maximum Gasteiger partial charge on any atom is 0.321 e. The van der Waals surface area contributed by atoms with Crippen LogP contribution in [0.5, 0.6) is 0 Å². The number of rotatable bonds is 7. The number of nitro benzene ring substituents is 1. The quantitative estimate of drug-likeness (QED) is 0.226. The minimum absolute atomic E-state index is 0.115. The fraction of sp³-hybridized carbons (Fsp3) is 0.188. The summed E-state index contributed by atoms with van der Waals surface area (Å²) in [6.45, 7) is -0.354. The van der Waals surface area contributed by atoms with E-state index in [1.807, 2.05) is 0 Å². The highest BCUT2D eigenvalue weighted by Crippen LogP contribution is 2.32. The second-order valence-corrected chi connectivity index (χ2v) is 7.68. The molecule has 2 aromatic carbocycles. The molecule has 30 heavy (non-hydrogen) atoms. The molecule has 0 saturated heterocycles. The van der Waals surface area contributed by atoms with Crippen molar-refractivity contribution in [3.63, 3.8) is 0 Å². The number of aliphatic carboxylic acids is 1. The van der Waals surface area contributed by atoms with Gasteiger partial charge in [0.25, 0.3) is 5.69 Å². The highest BCUT2D eigenvalue weighted by Gasteiger charge is 2.41. The van der Waals surface area contributed by atoms with E-state index < -0.39 is 73.2 Å². The third-order valence-electron chi connectivity index (χ3n) is 4.04. The normalized spacial score (nSPS) is 12.8. The zero-order valence-corrected chi connectivity index (χ0v) is 15.6. The summed E-state index contributed by atoms with van der Waals surface area (Å²) in [7, 11) is -5.68. The number of nitrogens with zero attached hydrogens (tertiary/aromatic N) is 2. The van der Waals surface area contributed by atoms with Crippen molar-refractivity contribution in [2.45, 2.75) is 24.4 Å². The number of carboxylic acids is 1. The van der Waals surface area contributed by atoms with Crippen LogP contribution in [-0.4, -0.2) is 34.8 Å². The number of benzene rings is 2. The summed E-state index contributed by atoms with van der Waals surface area (Å²) in [5.74, 6) is -15.0. The van der Waals surface area contributed by atoms with E-state index >= 15 is 0 Å². The van der Waals surface area contributed by atoms with Gasteiger partial charge in [-0.25, -0.2) is 30.4 Å². The van der Waals surface area contributed by atoms with Crippen LogP contribution in [0.1, 0.15) is 12.5 Å². The van der Waals surface area contributed by atoms with Crippen molar-refractivity contribution in [3.8, 4) is 0 Å². The molecule has 8 nitrogen and oxygen atoms in total. The molecule has 0 spiro atoms. The molecule has 1 N–H and O–H groups in total. The van der Waals surface area contributed by atoms with Gasteiger partial charge in [0, 0.05) is 18.2 Å². The van der Waals surface area contributed by atoms with Crippen LogP contribution < -0.4 is 0 Å². The molecular weight excluding hydrogens is 443 g/mol. The number of para-hydroxylation sites is 1. The number of carboxylic acid groups (broad SMARTS) is 1. The largest absolute Gasteiger partial charge is 0.480 e. The first kappa shape index (κ1) is 23.2. The highest BCUT2D eigenvalue weighted by molar-refractivity contribution is 7.89. The van der Waals surface area contributed by atoms with Crippen LogP contribution in [-0.2, 0) is 21.4 Å². The van der Waals surface area contributed by atoms with Gasteiger partial charge in [0.2, 0.25) is 15.8 Å². The molecule has 0 aliphatic rings. The van der Waals surface area contributed by atoms with Crippen LogP contribution in [0.15, 0.2) is 29.2 Å². The van der Waals surface area contributed by atoms with Crippen molar-refractivity contribution in [3.05, 3.63) is 69.0 Å². The number of halogens is 5. The summed E-state index contributed by atoms with van der Waals surface area (Å²) in [5.41, 5.74) is -1.05. The molecule has 1 unspecified atom stereocenters. The molecule has 0 heterocycles. The number of hydrogen-bond donors (Lipinski definition) is 1. The Hall–Kier alpha value is -3.13. The first-order valence-electron chi connectivity index (χ1n) is 7.80. The third kappa shape index (κ3) is 3.95. The number of carbonyl (C=O) groups is 1. The van der Waals surface area contributed by atoms with E-state index in [1.165, 1.54) is 12.1 Å². The van der Waals surface area contributed by atoms with Gasteiger partial charge in [-0.15, -0.1) is 0 Å². The fourth-order valence-electron chi connectivity index (χ4n) is 2.47. The van der Waals surface area contributed by atoms with E-state index in [0.717, 1.165) is 19.1 Å². The maximum atomic E-state index is 14.1. The van der Waals surface area contributed by atoms with Crippen molar-refractivity contribution in [1.29, 1.82) is 0 Å². The molecule has 14 heteroatoms. The summed E-state index contributed by atoms with van der Waals surface area (Å²) >= 11 is 0. The lowest BCUT2D eigenvalue weighted by Gasteiger charge is -2.26. The Morgan fingerprint density at radius 1 is 1.07 bits per heavy atom. The van der Waals surface area contributed by atoms with Gasteiger partial charge in [-0.3, -0.25) is 14.9 Å². The molecule has 0 saturated carbocycles. The van der Waals surface area contributed by atoms with Crippen LogP contribution in [0.25, 0.3) is 0 Å². The smallest absolute Gasteiger partial charge is 0.321 e. The minimum Gasteiger partial charge on any atom is -0.480 e. The second-order valence-electron chi connectivity index (χ2n) is 5.85. The molecule has 162 valence electrons. The zero-order valence-electron chi connectivity index (χ0n) is 14.8. The van der Waals surface area contributed by atoms with Crippen molar-refractivity contribution < 1.29 is 45.2 Å². The van der Waals surface area contributed by atoms with Crippen LogP contribution >= 0.6 is 0 Å². The van der Waals surface area contributed by atoms with Gasteiger partial charge in [0.15, 0.2) is 28.2 Å². The van der Waals surface area contributed by atoms with Gasteiger partial charge in [0.1, 0.15) is 6.04 Å². The molecule has 0 aromatic heterocycles. The first-order chi connectivity index (χ1) is 13.8. The predicted molar refractivity (Wildman–Crippen MR) is 89.2 cm³/mol. The van der Waals surface area contributed by atoms with Gasteiger partial charge < -0.3 is 5.11 Å². The molecule has 0 amide bonds. The van der Waals surface area contributed by atoms with Crippen molar-refractivity contribution in [2.24, 2.45) is 0 Å². The lowest BCUT2D eigenvalue weighted by Crippen LogP contribution is -2.43. The van der Waals surface area contributed by atoms with Gasteiger partial charge in [-0.05, 0) is 6.92 Å². The standard InChI is InChI=1S/C16H11F5N2O6S/c1-7(16(24)25)22(6-8-4-2-3-5-9(8)23(26)27)30(28,29)15-13(20)11(18)10(17)12(19)14(15)21/h2-5,7H,6H2,1H3,(H,24,25). The average molecular weight is 454 g/mol.